The average Bonchev–Trinajstić information content (AvgIpc) is 3.09. The third kappa shape index (κ3) is 3.18. The van der Waals surface area contributed by atoms with Gasteiger partial charge in [0.1, 0.15) is 5.82 Å². The molecule has 110 valence electrons. The van der Waals surface area contributed by atoms with Crippen molar-refractivity contribution in [1.29, 1.82) is 0 Å². The number of anilines is 1. The fraction of sp³-hybridized carbons (Fsp3) is 0.0588. The summed E-state index contributed by atoms with van der Waals surface area (Å²) in [7, 11) is 0. The summed E-state index contributed by atoms with van der Waals surface area (Å²) < 4.78 is 5.21. The van der Waals surface area contributed by atoms with Crippen molar-refractivity contribution >= 4 is 23.3 Å². The van der Waals surface area contributed by atoms with E-state index in [-0.39, 0.29) is 11.7 Å². The van der Waals surface area contributed by atoms with Gasteiger partial charge in [-0.2, -0.15) is 0 Å². The summed E-state index contributed by atoms with van der Waals surface area (Å²) in [5.74, 6) is 0.608. The number of furan rings is 1. The Balaban J connectivity index is 1.92. The van der Waals surface area contributed by atoms with Crippen molar-refractivity contribution in [1.82, 2.24) is 4.98 Å². The van der Waals surface area contributed by atoms with Gasteiger partial charge in [-0.3, -0.25) is 9.69 Å². The third-order valence-corrected chi connectivity index (χ3v) is 3.41. The normalized spacial score (nSPS) is 10.4. The monoisotopic (exact) mass is 312 g/mol. The standard InChI is InChI=1S/C17H13ClN2O2/c18-14-8-6-13(7-9-14)12-20(16-5-1-2-10-19-16)17(21)15-4-3-11-22-15/h1-11H,12H2. The van der Waals surface area contributed by atoms with Crippen LogP contribution in [0.2, 0.25) is 5.02 Å². The van der Waals surface area contributed by atoms with E-state index in [9.17, 15) is 4.79 Å². The van der Waals surface area contributed by atoms with Gasteiger partial charge in [0.15, 0.2) is 5.76 Å². The number of halogens is 1. The Labute approximate surface area is 133 Å². The van der Waals surface area contributed by atoms with Gasteiger partial charge in [-0.05, 0) is 42.0 Å². The first-order valence-electron chi connectivity index (χ1n) is 6.75. The Morgan fingerprint density at radius 2 is 1.91 bits per heavy atom. The number of pyridine rings is 1. The second kappa shape index (κ2) is 6.45. The minimum absolute atomic E-state index is 0.237. The topological polar surface area (TPSA) is 46.3 Å². The van der Waals surface area contributed by atoms with Crippen molar-refractivity contribution in [2.24, 2.45) is 0 Å². The van der Waals surface area contributed by atoms with Crippen LogP contribution in [0.5, 0.6) is 0 Å². The van der Waals surface area contributed by atoms with Crippen LogP contribution >= 0.6 is 11.6 Å². The lowest BCUT2D eigenvalue weighted by Crippen LogP contribution is -2.30. The quantitative estimate of drug-likeness (QED) is 0.726. The predicted octanol–water partition coefficient (Wildman–Crippen LogP) is 4.18. The average molecular weight is 313 g/mol. The Bertz CT molecular complexity index is 740. The fourth-order valence-electron chi connectivity index (χ4n) is 2.08. The van der Waals surface area contributed by atoms with Crippen LogP contribution < -0.4 is 4.90 Å². The summed E-state index contributed by atoms with van der Waals surface area (Å²) in [5, 5.41) is 0.658. The van der Waals surface area contributed by atoms with Gasteiger partial charge in [0.25, 0.3) is 5.91 Å². The highest BCUT2D eigenvalue weighted by Gasteiger charge is 2.21. The van der Waals surface area contributed by atoms with Gasteiger partial charge in [0.05, 0.1) is 12.8 Å². The van der Waals surface area contributed by atoms with Gasteiger partial charge >= 0.3 is 0 Å². The van der Waals surface area contributed by atoms with Crippen molar-refractivity contribution in [2.45, 2.75) is 6.54 Å². The Morgan fingerprint density at radius 3 is 2.55 bits per heavy atom. The number of amides is 1. The number of carbonyl (C=O) groups is 1. The molecule has 0 fully saturated rings. The Hall–Kier alpha value is -2.59. The molecule has 0 bridgehead atoms. The molecule has 0 saturated heterocycles. The van der Waals surface area contributed by atoms with Crippen LogP contribution in [0.25, 0.3) is 0 Å². The van der Waals surface area contributed by atoms with Gasteiger partial charge in [0.2, 0.25) is 0 Å². The van der Waals surface area contributed by atoms with Crippen LogP contribution in [-0.2, 0) is 6.54 Å². The number of nitrogens with zero attached hydrogens (tertiary/aromatic N) is 2. The molecule has 0 aliphatic rings. The zero-order chi connectivity index (χ0) is 15.4. The summed E-state index contributed by atoms with van der Waals surface area (Å²) >= 11 is 5.90. The number of benzene rings is 1. The van der Waals surface area contributed by atoms with Crippen LogP contribution in [-0.4, -0.2) is 10.9 Å². The van der Waals surface area contributed by atoms with Gasteiger partial charge < -0.3 is 4.42 Å². The van der Waals surface area contributed by atoms with E-state index < -0.39 is 0 Å². The zero-order valence-electron chi connectivity index (χ0n) is 11.6. The Kier molecular flexibility index (Phi) is 4.21. The number of carbonyl (C=O) groups excluding carboxylic acids is 1. The maximum atomic E-state index is 12.6. The van der Waals surface area contributed by atoms with Gasteiger partial charge in [0, 0.05) is 11.2 Å². The molecule has 0 radical (unpaired) electrons. The Morgan fingerprint density at radius 1 is 1.09 bits per heavy atom. The smallest absolute Gasteiger partial charge is 0.295 e. The summed E-state index contributed by atoms with van der Waals surface area (Å²) in [4.78, 5) is 18.5. The van der Waals surface area contributed by atoms with E-state index in [0.29, 0.717) is 17.4 Å². The highest BCUT2D eigenvalue weighted by Crippen LogP contribution is 2.19. The van der Waals surface area contributed by atoms with Crippen molar-refractivity contribution in [3.63, 3.8) is 0 Å². The van der Waals surface area contributed by atoms with Crippen LogP contribution in [0.4, 0.5) is 5.82 Å². The van der Waals surface area contributed by atoms with Crippen LogP contribution in [0, 0.1) is 0 Å². The number of hydrogen-bond donors (Lipinski definition) is 0. The summed E-state index contributed by atoms with van der Waals surface area (Å²) in [6.45, 7) is 0.383. The number of rotatable bonds is 4. The largest absolute Gasteiger partial charge is 0.459 e. The predicted molar refractivity (Wildman–Crippen MR) is 84.9 cm³/mol. The lowest BCUT2D eigenvalue weighted by atomic mass is 10.2. The number of aromatic nitrogens is 1. The fourth-order valence-corrected chi connectivity index (χ4v) is 2.20. The van der Waals surface area contributed by atoms with E-state index in [1.807, 2.05) is 18.2 Å². The highest BCUT2D eigenvalue weighted by atomic mass is 35.5. The maximum absolute atomic E-state index is 12.6. The molecule has 0 aliphatic carbocycles. The molecule has 0 aliphatic heterocycles. The molecule has 0 spiro atoms. The van der Waals surface area contributed by atoms with E-state index in [1.165, 1.54) is 6.26 Å². The van der Waals surface area contributed by atoms with Gasteiger partial charge in [-0.15, -0.1) is 0 Å². The van der Waals surface area contributed by atoms with E-state index in [0.717, 1.165) is 5.56 Å². The molecule has 5 heteroatoms. The van der Waals surface area contributed by atoms with Crippen molar-refractivity contribution < 1.29 is 9.21 Å². The molecule has 0 unspecified atom stereocenters. The molecule has 2 aromatic heterocycles. The molecule has 3 rings (SSSR count). The molecule has 22 heavy (non-hydrogen) atoms. The van der Waals surface area contributed by atoms with Crippen LogP contribution in [0.1, 0.15) is 16.1 Å². The summed E-state index contributed by atoms with van der Waals surface area (Å²) in [5.41, 5.74) is 0.954. The molecule has 4 nitrogen and oxygen atoms in total. The van der Waals surface area contributed by atoms with Crippen molar-refractivity contribution in [2.75, 3.05) is 4.90 Å². The lowest BCUT2D eigenvalue weighted by Gasteiger charge is -2.20. The first kappa shape index (κ1) is 14.4. The molecule has 1 aromatic carbocycles. The molecule has 1 amide bonds. The molecule has 2 heterocycles. The minimum atomic E-state index is -0.237. The molecular formula is C17H13ClN2O2. The first-order valence-corrected chi connectivity index (χ1v) is 7.13. The first-order chi connectivity index (χ1) is 10.7. The number of hydrogen-bond acceptors (Lipinski definition) is 3. The molecule has 0 atom stereocenters. The summed E-state index contributed by atoms with van der Waals surface area (Å²) in [6, 6.07) is 16.1. The van der Waals surface area contributed by atoms with Crippen molar-refractivity contribution in [3.05, 3.63) is 83.4 Å². The van der Waals surface area contributed by atoms with Gasteiger partial charge in [-0.1, -0.05) is 29.8 Å². The van der Waals surface area contributed by atoms with E-state index in [1.54, 1.807) is 47.5 Å². The van der Waals surface area contributed by atoms with Gasteiger partial charge in [-0.25, -0.2) is 4.98 Å². The van der Waals surface area contributed by atoms with E-state index in [4.69, 9.17) is 16.0 Å². The molecule has 0 saturated carbocycles. The molecular weight excluding hydrogens is 300 g/mol. The summed E-state index contributed by atoms with van der Waals surface area (Å²) in [6.07, 6.45) is 3.13. The SMILES string of the molecule is O=C(c1ccco1)N(Cc1ccc(Cl)cc1)c1ccccn1. The third-order valence-electron chi connectivity index (χ3n) is 3.16. The minimum Gasteiger partial charge on any atom is -0.459 e. The second-order valence-corrected chi connectivity index (χ2v) is 5.12. The lowest BCUT2D eigenvalue weighted by molar-refractivity contribution is 0.0957. The zero-order valence-corrected chi connectivity index (χ0v) is 12.4. The van der Waals surface area contributed by atoms with Crippen LogP contribution in [0.3, 0.4) is 0 Å². The van der Waals surface area contributed by atoms with Crippen molar-refractivity contribution in [3.8, 4) is 0 Å². The van der Waals surface area contributed by atoms with E-state index >= 15 is 0 Å². The molecule has 0 N–H and O–H groups in total. The van der Waals surface area contributed by atoms with Crippen LogP contribution in [0.15, 0.2) is 71.5 Å². The van der Waals surface area contributed by atoms with E-state index in [2.05, 4.69) is 4.98 Å². The molecule has 3 aromatic rings. The highest BCUT2D eigenvalue weighted by molar-refractivity contribution is 6.30. The second-order valence-electron chi connectivity index (χ2n) is 4.68. The maximum Gasteiger partial charge on any atom is 0.295 e.